The number of nitro groups is 1. The average molecular weight is 295 g/mol. The van der Waals surface area contributed by atoms with E-state index in [4.69, 9.17) is 0 Å². The Kier molecular flexibility index (Phi) is 3.40. The van der Waals surface area contributed by atoms with Crippen molar-refractivity contribution in [3.8, 4) is 17.1 Å². The van der Waals surface area contributed by atoms with E-state index in [0.29, 0.717) is 11.4 Å². The molecule has 0 spiro atoms. The van der Waals surface area contributed by atoms with Crippen molar-refractivity contribution in [2.45, 2.75) is 0 Å². The van der Waals surface area contributed by atoms with Crippen molar-refractivity contribution in [3.63, 3.8) is 0 Å². The van der Waals surface area contributed by atoms with Crippen LogP contribution in [0.15, 0.2) is 59.5 Å². The standard InChI is InChI=1S/C14H9N5O3/c20-14-8-7-11(10-4-3-9-15-16-10)17-18(14)12-5-1-2-6-13(12)19(21)22/h1-9H. The lowest BCUT2D eigenvalue weighted by Crippen LogP contribution is -2.21. The summed E-state index contributed by atoms with van der Waals surface area (Å²) in [6.45, 7) is 0. The molecule has 0 N–H and O–H groups in total. The predicted molar refractivity (Wildman–Crippen MR) is 77.5 cm³/mol. The van der Waals surface area contributed by atoms with Gasteiger partial charge in [0.2, 0.25) is 0 Å². The van der Waals surface area contributed by atoms with Gasteiger partial charge in [0.25, 0.3) is 11.2 Å². The molecule has 0 unspecified atom stereocenters. The second-order valence-electron chi connectivity index (χ2n) is 4.32. The van der Waals surface area contributed by atoms with Crippen LogP contribution in [0.25, 0.3) is 17.1 Å². The van der Waals surface area contributed by atoms with Gasteiger partial charge in [-0.2, -0.15) is 14.9 Å². The Hall–Kier alpha value is -3.42. The number of rotatable bonds is 3. The van der Waals surface area contributed by atoms with Crippen molar-refractivity contribution in [2.24, 2.45) is 0 Å². The highest BCUT2D eigenvalue weighted by Gasteiger charge is 2.16. The second kappa shape index (κ2) is 5.52. The first-order valence-electron chi connectivity index (χ1n) is 6.29. The Morgan fingerprint density at radius 3 is 2.55 bits per heavy atom. The summed E-state index contributed by atoms with van der Waals surface area (Å²) in [6, 6.07) is 12.1. The minimum atomic E-state index is -0.557. The number of hydrogen-bond donors (Lipinski definition) is 0. The summed E-state index contributed by atoms with van der Waals surface area (Å²) in [6.07, 6.45) is 1.52. The average Bonchev–Trinajstić information content (AvgIpc) is 2.56. The summed E-state index contributed by atoms with van der Waals surface area (Å²) in [5.74, 6) is 0. The Morgan fingerprint density at radius 2 is 1.82 bits per heavy atom. The van der Waals surface area contributed by atoms with E-state index in [1.54, 1.807) is 18.2 Å². The molecule has 0 radical (unpaired) electrons. The summed E-state index contributed by atoms with van der Waals surface area (Å²) in [5.41, 5.74) is 0.291. The molecule has 22 heavy (non-hydrogen) atoms. The third-order valence-electron chi connectivity index (χ3n) is 2.94. The van der Waals surface area contributed by atoms with Crippen LogP contribution in [-0.4, -0.2) is 24.9 Å². The summed E-state index contributed by atoms with van der Waals surface area (Å²) in [5, 5.41) is 22.9. The van der Waals surface area contributed by atoms with Gasteiger partial charge in [0.05, 0.1) is 4.92 Å². The summed E-state index contributed by atoms with van der Waals surface area (Å²) in [7, 11) is 0. The highest BCUT2D eigenvalue weighted by Crippen LogP contribution is 2.21. The van der Waals surface area contributed by atoms with Crippen molar-refractivity contribution in [3.05, 3.63) is 75.2 Å². The van der Waals surface area contributed by atoms with Gasteiger partial charge in [-0.25, -0.2) is 0 Å². The predicted octanol–water partition coefficient (Wildman–Crippen LogP) is 1.60. The highest BCUT2D eigenvalue weighted by molar-refractivity contribution is 5.55. The van der Waals surface area contributed by atoms with Gasteiger partial charge in [-0.05, 0) is 24.3 Å². The highest BCUT2D eigenvalue weighted by atomic mass is 16.6. The molecule has 8 heteroatoms. The number of nitrogens with zero attached hydrogens (tertiary/aromatic N) is 5. The molecular formula is C14H9N5O3. The third kappa shape index (κ3) is 2.44. The normalized spacial score (nSPS) is 10.4. The van der Waals surface area contributed by atoms with Crippen LogP contribution in [-0.2, 0) is 0 Å². The van der Waals surface area contributed by atoms with E-state index in [9.17, 15) is 14.9 Å². The van der Waals surface area contributed by atoms with Gasteiger partial charge in [0.15, 0.2) is 0 Å². The summed E-state index contributed by atoms with van der Waals surface area (Å²) < 4.78 is 0.988. The van der Waals surface area contributed by atoms with E-state index in [-0.39, 0.29) is 11.4 Å². The van der Waals surface area contributed by atoms with Gasteiger partial charge in [-0.1, -0.05) is 12.1 Å². The summed E-state index contributed by atoms with van der Waals surface area (Å²) in [4.78, 5) is 22.6. The molecular weight excluding hydrogens is 286 g/mol. The number of hydrogen-bond acceptors (Lipinski definition) is 6. The molecule has 8 nitrogen and oxygen atoms in total. The van der Waals surface area contributed by atoms with Crippen LogP contribution in [0.3, 0.4) is 0 Å². The molecule has 0 fully saturated rings. The molecule has 0 atom stereocenters. The lowest BCUT2D eigenvalue weighted by molar-refractivity contribution is -0.384. The zero-order valence-corrected chi connectivity index (χ0v) is 11.2. The molecule has 2 aromatic heterocycles. The van der Waals surface area contributed by atoms with Gasteiger partial charge < -0.3 is 0 Å². The van der Waals surface area contributed by atoms with Crippen LogP contribution >= 0.6 is 0 Å². The first-order valence-corrected chi connectivity index (χ1v) is 6.29. The topological polar surface area (TPSA) is 104 Å². The Morgan fingerprint density at radius 1 is 1.00 bits per heavy atom. The van der Waals surface area contributed by atoms with Gasteiger partial charge in [0, 0.05) is 18.3 Å². The van der Waals surface area contributed by atoms with E-state index in [1.165, 1.54) is 36.5 Å². The van der Waals surface area contributed by atoms with E-state index in [0.717, 1.165) is 4.68 Å². The Balaban J connectivity index is 2.20. The molecule has 0 aliphatic heterocycles. The van der Waals surface area contributed by atoms with E-state index < -0.39 is 10.5 Å². The lowest BCUT2D eigenvalue weighted by atomic mass is 10.2. The minimum Gasteiger partial charge on any atom is -0.267 e. The molecule has 2 heterocycles. The number of nitro benzene ring substituents is 1. The van der Waals surface area contributed by atoms with Crippen molar-refractivity contribution in [2.75, 3.05) is 0 Å². The quantitative estimate of drug-likeness (QED) is 0.537. The van der Waals surface area contributed by atoms with Crippen LogP contribution in [0.1, 0.15) is 0 Å². The van der Waals surface area contributed by atoms with Crippen LogP contribution in [0.5, 0.6) is 0 Å². The summed E-state index contributed by atoms with van der Waals surface area (Å²) >= 11 is 0. The van der Waals surface area contributed by atoms with Gasteiger partial charge in [0.1, 0.15) is 17.1 Å². The molecule has 0 saturated heterocycles. The maximum absolute atomic E-state index is 12.0. The fourth-order valence-electron chi connectivity index (χ4n) is 1.96. The number of para-hydroxylation sites is 2. The smallest absolute Gasteiger partial charge is 0.267 e. The third-order valence-corrected chi connectivity index (χ3v) is 2.94. The van der Waals surface area contributed by atoms with Crippen LogP contribution in [0.4, 0.5) is 5.69 Å². The Labute approximate surface area is 123 Å². The number of benzene rings is 1. The monoisotopic (exact) mass is 295 g/mol. The zero-order valence-electron chi connectivity index (χ0n) is 11.2. The van der Waals surface area contributed by atoms with E-state index >= 15 is 0 Å². The molecule has 3 aromatic rings. The molecule has 3 rings (SSSR count). The van der Waals surface area contributed by atoms with Crippen molar-refractivity contribution in [1.82, 2.24) is 20.0 Å². The fraction of sp³-hybridized carbons (Fsp3) is 0. The second-order valence-corrected chi connectivity index (χ2v) is 4.32. The molecule has 108 valence electrons. The zero-order chi connectivity index (χ0) is 15.5. The van der Waals surface area contributed by atoms with Gasteiger partial charge in [-0.3, -0.25) is 14.9 Å². The molecule has 0 aliphatic rings. The van der Waals surface area contributed by atoms with Crippen molar-refractivity contribution in [1.29, 1.82) is 0 Å². The first-order chi connectivity index (χ1) is 10.7. The van der Waals surface area contributed by atoms with Crippen LogP contribution < -0.4 is 5.56 Å². The van der Waals surface area contributed by atoms with Crippen LogP contribution in [0, 0.1) is 10.1 Å². The fourth-order valence-corrected chi connectivity index (χ4v) is 1.96. The largest absolute Gasteiger partial charge is 0.295 e. The number of aromatic nitrogens is 4. The van der Waals surface area contributed by atoms with E-state index in [1.807, 2.05) is 0 Å². The van der Waals surface area contributed by atoms with Crippen molar-refractivity contribution < 1.29 is 4.92 Å². The molecule has 0 saturated carbocycles. The lowest BCUT2D eigenvalue weighted by Gasteiger charge is -2.06. The van der Waals surface area contributed by atoms with Crippen LogP contribution in [0.2, 0.25) is 0 Å². The minimum absolute atomic E-state index is 0.100. The maximum Gasteiger partial charge on any atom is 0.295 e. The molecule has 1 aromatic carbocycles. The Bertz CT molecular complexity index is 892. The van der Waals surface area contributed by atoms with Crippen molar-refractivity contribution >= 4 is 5.69 Å². The maximum atomic E-state index is 12.0. The molecule has 0 aliphatic carbocycles. The van der Waals surface area contributed by atoms with Gasteiger partial charge >= 0.3 is 0 Å². The SMILES string of the molecule is O=c1ccc(-c2cccnn2)nn1-c1ccccc1[N+](=O)[O-]. The first kappa shape index (κ1) is 13.6. The van der Waals surface area contributed by atoms with E-state index in [2.05, 4.69) is 15.3 Å². The molecule has 0 bridgehead atoms. The molecule has 0 amide bonds. The van der Waals surface area contributed by atoms with Gasteiger partial charge in [-0.15, -0.1) is 5.10 Å².